The van der Waals surface area contributed by atoms with Gasteiger partial charge in [0.25, 0.3) is 0 Å². The van der Waals surface area contributed by atoms with E-state index in [1.54, 1.807) is 11.8 Å². The van der Waals surface area contributed by atoms with Crippen molar-refractivity contribution in [3.05, 3.63) is 29.8 Å². The first-order chi connectivity index (χ1) is 9.25. The van der Waals surface area contributed by atoms with Crippen LogP contribution in [0.5, 0.6) is 0 Å². The average molecular weight is 278 g/mol. The quantitative estimate of drug-likeness (QED) is 0.811. The Kier molecular flexibility index (Phi) is 5.73. The summed E-state index contributed by atoms with van der Waals surface area (Å²) < 4.78 is 0. The summed E-state index contributed by atoms with van der Waals surface area (Å²) in [6.45, 7) is 5.03. The maximum absolute atomic E-state index is 11.8. The number of hydrogen-bond acceptors (Lipinski definition) is 3. The van der Waals surface area contributed by atoms with Crippen LogP contribution < -0.4 is 10.6 Å². The zero-order valence-electron chi connectivity index (χ0n) is 11.4. The van der Waals surface area contributed by atoms with Crippen LogP contribution in [0, 0.1) is 12.8 Å². The van der Waals surface area contributed by atoms with Gasteiger partial charge in [0.15, 0.2) is 0 Å². The molecule has 1 atom stereocenters. The summed E-state index contributed by atoms with van der Waals surface area (Å²) in [6.07, 6.45) is 2.44. The maximum Gasteiger partial charge on any atom is 0.230 e. The van der Waals surface area contributed by atoms with Crippen molar-refractivity contribution in [2.75, 3.05) is 25.4 Å². The van der Waals surface area contributed by atoms with Gasteiger partial charge >= 0.3 is 0 Å². The Labute approximate surface area is 119 Å². The van der Waals surface area contributed by atoms with E-state index in [4.69, 9.17) is 0 Å². The summed E-state index contributed by atoms with van der Waals surface area (Å²) in [6, 6.07) is 8.18. The zero-order valence-corrected chi connectivity index (χ0v) is 12.3. The van der Waals surface area contributed by atoms with E-state index in [0.29, 0.717) is 11.7 Å². The lowest BCUT2D eigenvalue weighted by molar-refractivity contribution is -0.118. The molecule has 1 heterocycles. The molecule has 1 fully saturated rings. The first-order valence-electron chi connectivity index (χ1n) is 6.91. The summed E-state index contributed by atoms with van der Waals surface area (Å²) in [4.78, 5) is 13.0. The van der Waals surface area contributed by atoms with Gasteiger partial charge in [-0.3, -0.25) is 4.79 Å². The molecule has 0 saturated carbocycles. The fourth-order valence-electron chi connectivity index (χ4n) is 2.27. The van der Waals surface area contributed by atoms with E-state index in [0.717, 1.165) is 19.6 Å². The number of hydrogen-bond donors (Lipinski definition) is 2. The lowest BCUT2D eigenvalue weighted by Crippen LogP contribution is -2.38. The third-order valence-electron chi connectivity index (χ3n) is 3.44. The van der Waals surface area contributed by atoms with Gasteiger partial charge in [-0.15, -0.1) is 11.8 Å². The molecule has 1 saturated heterocycles. The van der Waals surface area contributed by atoms with E-state index < -0.39 is 0 Å². The van der Waals surface area contributed by atoms with Crippen LogP contribution >= 0.6 is 11.8 Å². The second-order valence-corrected chi connectivity index (χ2v) is 6.09. The number of thioether (sulfide) groups is 1. The Balaban J connectivity index is 1.68. The van der Waals surface area contributed by atoms with Crippen LogP contribution in [0.4, 0.5) is 0 Å². The maximum atomic E-state index is 11.8. The minimum Gasteiger partial charge on any atom is -0.355 e. The molecule has 1 aromatic carbocycles. The topological polar surface area (TPSA) is 41.1 Å². The van der Waals surface area contributed by atoms with Gasteiger partial charge in [0.2, 0.25) is 5.91 Å². The van der Waals surface area contributed by atoms with E-state index in [1.165, 1.54) is 23.3 Å². The molecule has 0 aromatic heterocycles. The lowest BCUT2D eigenvalue weighted by Gasteiger charge is -2.22. The number of aryl methyl sites for hydroxylation is 1. The first-order valence-corrected chi connectivity index (χ1v) is 7.90. The van der Waals surface area contributed by atoms with Crippen LogP contribution in [0.3, 0.4) is 0 Å². The van der Waals surface area contributed by atoms with Crippen molar-refractivity contribution in [2.24, 2.45) is 5.92 Å². The number of carbonyl (C=O) groups excluding carboxylic acids is 1. The van der Waals surface area contributed by atoms with Crippen LogP contribution in [0.25, 0.3) is 0 Å². The standard InChI is InChI=1S/C15H22N2OS/c1-12-5-2-3-7-14(12)19-11-15(18)17-10-13-6-4-8-16-9-13/h2-3,5,7,13,16H,4,6,8-11H2,1H3,(H,17,18). The molecule has 1 amide bonds. The smallest absolute Gasteiger partial charge is 0.230 e. The van der Waals surface area contributed by atoms with E-state index >= 15 is 0 Å². The van der Waals surface area contributed by atoms with Gasteiger partial charge < -0.3 is 10.6 Å². The van der Waals surface area contributed by atoms with Gasteiger partial charge in [0, 0.05) is 11.4 Å². The van der Waals surface area contributed by atoms with Crippen molar-refractivity contribution in [1.29, 1.82) is 0 Å². The molecule has 2 rings (SSSR count). The highest BCUT2D eigenvalue weighted by Gasteiger charge is 2.13. The van der Waals surface area contributed by atoms with Crippen LogP contribution in [-0.4, -0.2) is 31.3 Å². The van der Waals surface area contributed by atoms with Crippen LogP contribution in [0.1, 0.15) is 18.4 Å². The van der Waals surface area contributed by atoms with Crippen molar-refractivity contribution in [3.8, 4) is 0 Å². The predicted octanol–water partition coefficient (Wildman–Crippen LogP) is 2.20. The average Bonchev–Trinajstić information content (AvgIpc) is 2.45. The highest BCUT2D eigenvalue weighted by molar-refractivity contribution is 8.00. The van der Waals surface area contributed by atoms with Crippen LogP contribution in [0.15, 0.2) is 29.2 Å². The van der Waals surface area contributed by atoms with Gasteiger partial charge in [-0.25, -0.2) is 0 Å². The Hall–Kier alpha value is -1.00. The zero-order chi connectivity index (χ0) is 13.5. The number of rotatable bonds is 5. The van der Waals surface area contributed by atoms with Crippen molar-refractivity contribution in [2.45, 2.75) is 24.7 Å². The highest BCUT2D eigenvalue weighted by Crippen LogP contribution is 2.21. The molecule has 1 aliphatic rings. The molecule has 0 aliphatic carbocycles. The van der Waals surface area contributed by atoms with Crippen molar-refractivity contribution < 1.29 is 4.79 Å². The number of benzene rings is 1. The molecule has 3 nitrogen and oxygen atoms in total. The number of amides is 1. The van der Waals surface area contributed by atoms with Gasteiger partial charge in [-0.2, -0.15) is 0 Å². The van der Waals surface area contributed by atoms with Crippen molar-refractivity contribution in [3.63, 3.8) is 0 Å². The highest BCUT2D eigenvalue weighted by atomic mass is 32.2. The van der Waals surface area contributed by atoms with Crippen molar-refractivity contribution in [1.82, 2.24) is 10.6 Å². The molecule has 1 aliphatic heterocycles. The fraction of sp³-hybridized carbons (Fsp3) is 0.533. The Morgan fingerprint density at radius 1 is 1.47 bits per heavy atom. The molecular formula is C15H22N2OS. The van der Waals surface area contributed by atoms with Gasteiger partial charge in [-0.05, 0) is 50.4 Å². The largest absolute Gasteiger partial charge is 0.355 e. The van der Waals surface area contributed by atoms with E-state index in [1.807, 2.05) is 12.1 Å². The summed E-state index contributed by atoms with van der Waals surface area (Å²) in [5.41, 5.74) is 1.23. The monoisotopic (exact) mass is 278 g/mol. The molecule has 104 valence electrons. The summed E-state index contributed by atoms with van der Waals surface area (Å²) in [5.74, 6) is 1.24. The molecule has 1 unspecified atom stereocenters. The second-order valence-electron chi connectivity index (χ2n) is 5.07. The Bertz CT molecular complexity index is 416. The lowest BCUT2D eigenvalue weighted by atomic mass is 10.00. The first kappa shape index (κ1) is 14.4. The van der Waals surface area contributed by atoms with Crippen LogP contribution in [0.2, 0.25) is 0 Å². The minimum absolute atomic E-state index is 0.138. The van der Waals surface area contributed by atoms with E-state index in [-0.39, 0.29) is 5.91 Å². The molecule has 0 spiro atoms. The molecule has 4 heteroatoms. The number of piperidine rings is 1. The van der Waals surface area contributed by atoms with Gasteiger partial charge in [0.05, 0.1) is 5.75 Å². The summed E-state index contributed by atoms with van der Waals surface area (Å²) in [7, 11) is 0. The van der Waals surface area contributed by atoms with E-state index in [2.05, 4.69) is 29.7 Å². The summed E-state index contributed by atoms with van der Waals surface area (Å²) >= 11 is 1.61. The Morgan fingerprint density at radius 3 is 3.05 bits per heavy atom. The van der Waals surface area contributed by atoms with Crippen molar-refractivity contribution >= 4 is 17.7 Å². The molecular weight excluding hydrogens is 256 g/mol. The van der Waals surface area contributed by atoms with Gasteiger partial charge in [-0.1, -0.05) is 18.2 Å². The molecule has 2 N–H and O–H groups in total. The number of nitrogens with one attached hydrogen (secondary N) is 2. The fourth-order valence-corrected chi connectivity index (χ4v) is 3.13. The second kappa shape index (κ2) is 7.56. The van der Waals surface area contributed by atoms with E-state index in [9.17, 15) is 4.79 Å². The van der Waals surface area contributed by atoms with Gasteiger partial charge in [0.1, 0.15) is 0 Å². The summed E-state index contributed by atoms with van der Waals surface area (Å²) in [5, 5.41) is 6.41. The molecule has 19 heavy (non-hydrogen) atoms. The SMILES string of the molecule is Cc1ccccc1SCC(=O)NCC1CCCNC1. The Morgan fingerprint density at radius 2 is 2.32 bits per heavy atom. The molecule has 1 aromatic rings. The predicted molar refractivity (Wildman–Crippen MR) is 80.5 cm³/mol. The third-order valence-corrected chi connectivity index (χ3v) is 4.61. The molecule has 0 radical (unpaired) electrons. The number of carbonyl (C=O) groups is 1. The third kappa shape index (κ3) is 4.88. The minimum atomic E-state index is 0.138. The van der Waals surface area contributed by atoms with Crippen LogP contribution in [-0.2, 0) is 4.79 Å². The normalized spacial score (nSPS) is 19.1. The molecule has 0 bridgehead atoms.